The fourth-order valence-corrected chi connectivity index (χ4v) is 5.22. The summed E-state index contributed by atoms with van der Waals surface area (Å²) in [5.41, 5.74) is 1.03. The lowest BCUT2D eigenvalue weighted by molar-refractivity contribution is -0.140. The first-order chi connectivity index (χ1) is 19.0. The number of carbonyl (C=O) groups excluding carboxylic acids is 2. The number of morpholine rings is 1. The number of aliphatic hydroxyl groups is 1. The zero-order valence-electron chi connectivity index (χ0n) is 22.3. The molecule has 3 aliphatic heterocycles. The van der Waals surface area contributed by atoms with Gasteiger partial charge >= 0.3 is 0 Å². The molecule has 0 aromatic heterocycles. The zero-order valence-corrected chi connectivity index (χ0v) is 22.3. The van der Waals surface area contributed by atoms with Gasteiger partial charge in [-0.05, 0) is 49.2 Å². The molecule has 3 heterocycles. The summed E-state index contributed by atoms with van der Waals surface area (Å²) in [5, 5.41) is 11.5. The third kappa shape index (κ3) is 5.53. The van der Waals surface area contributed by atoms with Crippen LogP contribution in [0.25, 0.3) is 5.76 Å². The Kier molecular flexibility index (Phi) is 8.23. The van der Waals surface area contributed by atoms with Gasteiger partial charge in [0.1, 0.15) is 19.0 Å². The Morgan fingerprint density at radius 3 is 2.49 bits per heavy atom. The Labute approximate surface area is 227 Å². The topological polar surface area (TPSA) is 107 Å². The van der Waals surface area contributed by atoms with Gasteiger partial charge in [0.05, 0.1) is 38.5 Å². The van der Waals surface area contributed by atoms with Crippen LogP contribution in [0.15, 0.2) is 42.0 Å². The van der Waals surface area contributed by atoms with Gasteiger partial charge in [0.15, 0.2) is 23.0 Å². The van der Waals surface area contributed by atoms with Gasteiger partial charge in [-0.25, -0.2) is 0 Å². The molecule has 0 bridgehead atoms. The monoisotopic (exact) mass is 538 g/mol. The van der Waals surface area contributed by atoms with Crippen LogP contribution in [0, 0.1) is 0 Å². The second-order valence-electron chi connectivity index (χ2n) is 9.50. The molecule has 0 saturated carbocycles. The molecule has 2 saturated heterocycles. The molecule has 2 fully saturated rings. The van der Waals surface area contributed by atoms with Gasteiger partial charge in [0.25, 0.3) is 11.7 Å². The van der Waals surface area contributed by atoms with Crippen molar-refractivity contribution >= 4 is 17.4 Å². The minimum absolute atomic E-state index is 0.0225. The van der Waals surface area contributed by atoms with Crippen LogP contribution in [-0.2, 0) is 14.3 Å². The minimum Gasteiger partial charge on any atom is -0.507 e. The van der Waals surface area contributed by atoms with E-state index in [1.807, 2.05) is 6.92 Å². The first kappa shape index (κ1) is 26.8. The fourth-order valence-electron chi connectivity index (χ4n) is 5.22. The molecule has 0 spiro atoms. The third-order valence-electron chi connectivity index (χ3n) is 7.14. The van der Waals surface area contributed by atoms with Crippen LogP contribution in [0.2, 0.25) is 0 Å². The number of aliphatic hydroxyl groups excluding tert-OH is 1. The summed E-state index contributed by atoms with van der Waals surface area (Å²) in [7, 11) is 1.54. The molecular formula is C29H34N2O8. The van der Waals surface area contributed by atoms with E-state index >= 15 is 0 Å². The highest BCUT2D eigenvalue weighted by molar-refractivity contribution is 6.46. The molecule has 10 nitrogen and oxygen atoms in total. The largest absolute Gasteiger partial charge is 0.507 e. The molecule has 2 aromatic carbocycles. The summed E-state index contributed by atoms with van der Waals surface area (Å²) in [4.78, 5) is 30.6. The van der Waals surface area contributed by atoms with E-state index in [4.69, 9.17) is 23.7 Å². The van der Waals surface area contributed by atoms with Crippen LogP contribution in [-0.4, -0.2) is 92.9 Å². The molecule has 1 N–H and O–H groups in total. The maximum absolute atomic E-state index is 13.4. The van der Waals surface area contributed by atoms with Gasteiger partial charge in [-0.2, -0.15) is 0 Å². The number of hydrogen-bond donors (Lipinski definition) is 1. The standard InChI is InChI=1S/C29H34N2O8/c1-3-37-21-7-5-19(17-23(21)35-2)26-25(27(32)20-6-8-22-24(18-20)39-16-15-38-22)28(33)29(34)31(26)10-4-9-30-11-13-36-14-12-30/h5-8,17-18,26,32H,3-4,9-16H2,1-2H3/t26-/m0/s1. The number of benzene rings is 2. The van der Waals surface area contributed by atoms with Crippen molar-refractivity contribution in [2.24, 2.45) is 0 Å². The maximum Gasteiger partial charge on any atom is 0.295 e. The van der Waals surface area contributed by atoms with E-state index in [1.165, 1.54) is 7.11 Å². The van der Waals surface area contributed by atoms with E-state index in [0.717, 1.165) is 19.6 Å². The lowest BCUT2D eigenvalue weighted by Crippen LogP contribution is -2.39. The molecular weight excluding hydrogens is 504 g/mol. The SMILES string of the molecule is CCOc1ccc([C@H]2C(=C(O)c3ccc4c(c3)OCCO4)C(=O)C(=O)N2CCCN2CCOCC2)cc1OC. The lowest BCUT2D eigenvalue weighted by atomic mass is 9.94. The lowest BCUT2D eigenvalue weighted by Gasteiger charge is -2.29. The first-order valence-electron chi connectivity index (χ1n) is 13.3. The first-order valence-corrected chi connectivity index (χ1v) is 13.3. The number of nitrogens with zero attached hydrogens (tertiary/aromatic N) is 2. The van der Waals surface area contributed by atoms with Crippen molar-refractivity contribution in [2.75, 3.05) is 66.3 Å². The number of ether oxygens (including phenoxy) is 5. The van der Waals surface area contributed by atoms with E-state index in [9.17, 15) is 14.7 Å². The third-order valence-corrected chi connectivity index (χ3v) is 7.14. The van der Waals surface area contributed by atoms with Crippen molar-refractivity contribution in [1.29, 1.82) is 0 Å². The molecule has 0 unspecified atom stereocenters. The number of carbonyl (C=O) groups is 2. The summed E-state index contributed by atoms with van der Waals surface area (Å²) in [6.07, 6.45) is 0.668. The van der Waals surface area contributed by atoms with Crippen LogP contribution < -0.4 is 18.9 Å². The smallest absolute Gasteiger partial charge is 0.295 e. The number of methoxy groups -OCH3 is 1. The average molecular weight is 539 g/mol. The van der Waals surface area contributed by atoms with Crippen LogP contribution in [0.1, 0.15) is 30.5 Å². The van der Waals surface area contributed by atoms with E-state index in [-0.39, 0.29) is 11.3 Å². The van der Waals surface area contributed by atoms with Crippen molar-refractivity contribution < 1.29 is 38.4 Å². The minimum atomic E-state index is -0.799. The highest BCUT2D eigenvalue weighted by Crippen LogP contribution is 2.43. The predicted molar refractivity (Wildman–Crippen MR) is 142 cm³/mol. The van der Waals surface area contributed by atoms with E-state index in [1.54, 1.807) is 41.3 Å². The Bertz CT molecular complexity index is 1250. The quantitative estimate of drug-likeness (QED) is 0.293. The van der Waals surface area contributed by atoms with E-state index < -0.39 is 17.7 Å². The molecule has 208 valence electrons. The molecule has 3 aliphatic rings. The molecule has 39 heavy (non-hydrogen) atoms. The van der Waals surface area contributed by atoms with Crippen molar-refractivity contribution in [3.05, 3.63) is 53.1 Å². The molecule has 1 amide bonds. The zero-order chi connectivity index (χ0) is 27.4. The number of amides is 1. The molecule has 1 atom stereocenters. The molecule has 5 rings (SSSR count). The van der Waals surface area contributed by atoms with Crippen molar-refractivity contribution in [1.82, 2.24) is 9.80 Å². The Morgan fingerprint density at radius 2 is 1.74 bits per heavy atom. The molecule has 10 heteroatoms. The summed E-state index contributed by atoms with van der Waals surface area (Å²) < 4.78 is 27.9. The maximum atomic E-state index is 13.4. The second kappa shape index (κ2) is 12.0. The number of fused-ring (bicyclic) bond motifs is 1. The number of likely N-dealkylation sites (tertiary alicyclic amines) is 1. The predicted octanol–water partition coefficient (Wildman–Crippen LogP) is 3.01. The van der Waals surface area contributed by atoms with Gasteiger partial charge in [-0.1, -0.05) is 6.07 Å². The fraction of sp³-hybridized carbons (Fsp3) is 0.448. The highest BCUT2D eigenvalue weighted by Gasteiger charge is 2.46. The Hall–Kier alpha value is -3.76. The van der Waals surface area contributed by atoms with Gasteiger partial charge in [0.2, 0.25) is 0 Å². The normalized spacial score (nSPS) is 20.8. The highest BCUT2D eigenvalue weighted by atomic mass is 16.6. The number of rotatable bonds is 9. The summed E-state index contributed by atoms with van der Waals surface area (Å²) in [5.74, 6) is 0.435. The van der Waals surface area contributed by atoms with Crippen LogP contribution >= 0.6 is 0 Å². The van der Waals surface area contributed by atoms with Crippen molar-refractivity contribution in [3.63, 3.8) is 0 Å². The van der Waals surface area contributed by atoms with Crippen LogP contribution in [0.5, 0.6) is 23.0 Å². The number of Topliss-reactive ketones (excluding diaryl/α,β-unsaturated/α-hetero) is 1. The van der Waals surface area contributed by atoms with Crippen molar-refractivity contribution in [2.45, 2.75) is 19.4 Å². The number of ketones is 1. The van der Waals surface area contributed by atoms with E-state index in [0.29, 0.717) is 80.1 Å². The van der Waals surface area contributed by atoms with Gasteiger partial charge in [-0.3, -0.25) is 14.5 Å². The van der Waals surface area contributed by atoms with Crippen LogP contribution in [0.4, 0.5) is 0 Å². The van der Waals surface area contributed by atoms with Gasteiger partial charge in [0, 0.05) is 31.7 Å². The Morgan fingerprint density at radius 1 is 0.974 bits per heavy atom. The van der Waals surface area contributed by atoms with Gasteiger partial charge < -0.3 is 33.7 Å². The second-order valence-corrected chi connectivity index (χ2v) is 9.50. The van der Waals surface area contributed by atoms with Crippen LogP contribution in [0.3, 0.4) is 0 Å². The summed E-state index contributed by atoms with van der Waals surface area (Å²) in [6.45, 7) is 7.32. The Balaban J connectivity index is 1.52. The molecule has 2 aromatic rings. The van der Waals surface area contributed by atoms with Gasteiger partial charge in [-0.15, -0.1) is 0 Å². The summed E-state index contributed by atoms with van der Waals surface area (Å²) >= 11 is 0. The number of hydrogen-bond acceptors (Lipinski definition) is 9. The summed E-state index contributed by atoms with van der Waals surface area (Å²) in [6, 6.07) is 9.50. The average Bonchev–Trinajstić information content (AvgIpc) is 3.22. The van der Waals surface area contributed by atoms with E-state index in [2.05, 4.69) is 4.90 Å². The molecule has 0 radical (unpaired) electrons. The molecule has 0 aliphatic carbocycles. The van der Waals surface area contributed by atoms with Crippen molar-refractivity contribution in [3.8, 4) is 23.0 Å².